The molecule has 0 unspecified atom stereocenters. The summed E-state index contributed by atoms with van der Waals surface area (Å²) in [6, 6.07) is 12.8. The number of halogens is 1. The SMILES string of the molecule is COc1ccc(Cl)cc1NC(=O)CSc1nnc(COc2ccccc2C)n1C. The van der Waals surface area contributed by atoms with Gasteiger partial charge < -0.3 is 19.4 Å². The zero-order chi connectivity index (χ0) is 20.8. The van der Waals surface area contributed by atoms with Crippen molar-refractivity contribution in [1.82, 2.24) is 14.8 Å². The second-order valence-corrected chi connectivity index (χ2v) is 7.57. The smallest absolute Gasteiger partial charge is 0.234 e. The van der Waals surface area contributed by atoms with E-state index in [0.717, 1.165) is 11.3 Å². The van der Waals surface area contributed by atoms with Gasteiger partial charge in [-0.1, -0.05) is 41.6 Å². The Balaban J connectivity index is 1.57. The number of anilines is 1. The Morgan fingerprint density at radius 3 is 2.76 bits per heavy atom. The number of hydrogen-bond donors (Lipinski definition) is 1. The highest BCUT2D eigenvalue weighted by molar-refractivity contribution is 7.99. The van der Waals surface area contributed by atoms with E-state index in [1.807, 2.05) is 42.8 Å². The number of nitrogens with zero attached hydrogens (tertiary/aromatic N) is 3. The lowest BCUT2D eigenvalue weighted by Crippen LogP contribution is -2.15. The quantitative estimate of drug-likeness (QED) is 0.540. The van der Waals surface area contributed by atoms with Gasteiger partial charge in [-0.15, -0.1) is 10.2 Å². The van der Waals surface area contributed by atoms with E-state index in [4.69, 9.17) is 21.1 Å². The summed E-state index contributed by atoms with van der Waals surface area (Å²) in [6.07, 6.45) is 0. The molecule has 9 heteroatoms. The van der Waals surface area contributed by atoms with Crippen LogP contribution in [-0.2, 0) is 18.4 Å². The molecule has 3 rings (SSSR count). The fourth-order valence-electron chi connectivity index (χ4n) is 2.55. The van der Waals surface area contributed by atoms with Gasteiger partial charge in [-0.2, -0.15) is 0 Å². The molecule has 0 saturated heterocycles. The molecule has 0 fully saturated rings. The van der Waals surface area contributed by atoms with E-state index in [0.29, 0.717) is 34.0 Å². The summed E-state index contributed by atoms with van der Waals surface area (Å²) in [5.74, 6) is 1.99. The molecule has 1 amide bonds. The highest BCUT2D eigenvalue weighted by Crippen LogP contribution is 2.28. The Hall–Kier alpha value is -2.71. The third kappa shape index (κ3) is 5.42. The van der Waals surface area contributed by atoms with Crippen LogP contribution in [0.5, 0.6) is 11.5 Å². The number of carbonyl (C=O) groups is 1. The van der Waals surface area contributed by atoms with E-state index < -0.39 is 0 Å². The van der Waals surface area contributed by atoms with Crippen molar-refractivity contribution in [3.05, 3.63) is 58.9 Å². The molecule has 0 radical (unpaired) electrons. The molecule has 0 saturated carbocycles. The first-order valence-corrected chi connectivity index (χ1v) is 10.2. The number of rotatable bonds is 8. The molecule has 0 aliphatic carbocycles. The van der Waals surface area contributed by atoms with Crippen molar-refractivity contribution >= 4 is 35.0 Å². The van der Waals surface area contributed by atoms with Gasteiger partial charge in [-0.05, 0) is 36.8 Å². The van der Waals surface area contributed by atoms with E-state index >= 15 is 0 Å². The van der Waals surface area contributed by atoms with Crippen LogP contribution in [0.15, 0.2) is 47.6 Å². The number of amides is 1. The topological polar surface area (TPSA) is 78.3 Å². The first-order valence-electron chi connectivity index (χ1n) is 8.81. The number of aromatic nitrogens is 3. The molecule has 152 valence electrons. The largest absolute Gasteiger partial charge is 0.495 e. The molecular weight excluding hydrogens is 412 g/mol. The van der Waals surface area contributed by atoms with Crippen LogP contribution in [0.3, 0.4) is 0 Å². The van der Waals surface area contributed by atoms with Crippen molar-refractivity contribution < 1.29 is 14.3 Å². The highest BCUT2D eigenvalue weighted by atomic mass is 35.5. The second kappa shape index (κ2) is 9.67. The monoisotopic (exact) mass is 432 g/mol. The minimum Gasteiger partial charge on any atom is -0.495 e. The summed E-state index contributed by atoms with van der Waals surface area (Å²) in [5, 5.41) is 12.2. The van der Waals surface area contributed by atoms with Gasteiger partial charge in [0.05, 0.1) is 18.6 Å². The van der Waals surface area contributed by atoms with E-state index in [2.05, 4.69) is 15.5 Å². The van der Waals surface area contributed by atoms with Crippen LogP contribution < -0.4 is 14.8 Å². The summed E-state index contributed by atoms with van der Waals surface area (Å²) in [4.78, 5) is 12.3. The average molecular weight is 433 g/mol. The van der Waals surface area contributed by atoms with Gasteiger partial charge in [-0.25, -0.2) is 0 Å². The van der Waals surface area contributed by atoms with Gasteiger partial charge in [0.1, 0.15) is 18.1 Å². The van der Waals surface area contributed by atoms with E-state index in [1.54, 1.807) is 18.2 Å². The van der Waals surface area contributed by atoms with Crippen LogP contribution in [0, 0.1) is 6.92 Å². The maximum Gasteiger partial charge on any atom is 0.234 e. The lowest BCUT2D eigenvalue weighted by Gasteiger charge is -2.10. The van der Waals surface area contributed by atoms with Crippen LogP contribution in [0.2, 0.25) is 5.02 Å². The van der Waals surface area contributed by atoms with Crippen LogP contribution in [0.25, 0.3) is 0 Å². The fraction of sp³-hybridized carbons (Fsp3) is 0.250. The van der Waals surface area contributed by atoms with Crippen molar-refractivity contribution in [3.8, 4) is 11.5 Å². The van der Waals surface area contributed by atoms with Crippen LogP contribution in [0.1, 0.15) is 11.4 Å². The summed E-state index contributed by atoms with van der Waals surface area (Å²) in [5.41, 5.74) is 1.58. The number of nitrogens with one attached hydrogen (secondary N) is 1. The Morgan fingerprint density at radius 1 is 1.21 bits per heavy atom. The fourth-order valence-corrected chi connectivity index (χ4v) is 3.45. The normalized spacial score (nSPS) is 10.6. The molecule has 0 spiro atoms. The zero-order valence-corrected chi connectivity index (χ0v) is 17.9. The number of ether oxygens (including phenoxy) is 2. The van der Waals surface area contributed by atoms with E-state index in [1.165, 1.54) is 18.9 Å². The van der Waals surface area contributed by atoms with Crippen molar-refractivity contribution in [1.29, 1.82) is 0 Å². The summed E-state index contributed by atoms with van der Waals surface area (Å²) in [6.45, 7) is 2.28. The molecule has 0 bridgehead atoms. The van der Waals surface area contributed by atoms with Gasteiger partial charge >= 0.3 is 0 Å². The number of carbonyl (C=O) groups excluding carboxylic acids is 1. The lowest BCUT2D eigenvalue weighted by molar-refractivity contribution is -0.113. The third-order valence-corrected chi connectivity index (χ3v) is 5.40. The predicted octanol–water partition coefficient (Wildman–Crippen LogP) is 4.10. The maximum atomic E-state index is 12.3. The van der Waals surface area contributed by atoms with Crippen LogP contribution in [0.4, 0.5) is 5.69 Å². The number of thioether (sulfide) groups is 1. The van der Waals surface area contributed by atoms with Crippen LogP contribution in [-0.4, -0.2) is 33.5 Å². The second-order valence-electron chi connectivity index (χ2n) is 6.19. The zero-order valence-electron chi connectivity index (χ0n) is 16.3. The predicted molar refractivity (Wildman–Crippen MR) is 114 cm³/mol. The van der Waals surface area contributed by atoms with Gasteiger partial charge in [0.15, 0.2) is 11.0 Å². The Kier molecular flexibility index (Phi) is 7.00. The summed E-state index contributed by atoms with van der Waals surface area (Å²) in [7, 11) is 3.38. The van der Waals surface area contributed by atoms with Gasteiger partial charge in [0.2, 0.25) is 5.91 Å². The standard InChI is InChI=1S/C20H21ClN4O3S/c1-13-6-4-5-7-16(13)28-11-18-23-24-20(25(18)2)29-12-19(26)22-15-10-14(21)8-9-17(15)27-3/h4-10H,11-12H2,1-3H3,(H,22,26). The molecular formula is C20H21ClN4O3S. The Morgan fingerprint density at radius 2 is 2.00 bits per heavy atom. The third-order valence-electron chi connectivity index (χ3n) is 4.14. The lowest BCUT2D eigenvalue weighted by atomic mass is 10.2. The molecule has 0 aliphatic heterocycles. The maximum absolute atomic E-state index is 12.3. The molecule has 0 atom stereocenters. The number of para-hydroxylation sites is 1. The summed E-state index contributed by atoms with van der Waals surface area (Å²) < 4.78 is 12.9. The van der Waals surface area contributed by atoms with Crippen LogP contribution >= 0.6 is 23.4 Å². The van der Waals surface area contributed by atoms with Gasteiger partial charge in [0.25, 0.3) is 0 Å². The van der Waals surface area contributed by atoms with E-state index in [-0.39, 0.29) is 11.7 Å². The Labute approximate surface area is 178 Å². The van der Waals surface area contributed by atoms with Crippen molar-refractivity contribution in [2.45, 2.75) is 18.7 Å². The number of methoxy groups -OCH3 is 1. The summed E-state index contributed by atoms with van der Waals surface area (Å²) >= 11 is 7.28. The first kappa shape index (κ1) is 21.0. The molecule has 1 N–H and O–H groups in total. The average Bonchev–Trinajstić information content (AvgIpc) is 3.05. The number of benzene rings is 2. The first-order chi connectivity index (χ1) is 14.0. The van der Waals surface area contributed by atoms with Crippen molar-refractivity contribution in [2.24, 2.45) is 7.05 Å². The Bertz CT molecular complexity index is 1010. The minimum atomic E-state index is -0.198. The van der Waals surface area contributed by atoms with E-state index in [9.17, 15) is 4.79 Å². The molecule has 29 heavy (non-hydrogen) atoms. The highest BCUT2D eigenvalue weighted by Gasteiger charge is 2.14. The molecule has 1 aromatic heterocycles. The van der Waals surface area contributed by atoms with Crippen molar-refractivity contribution in [2.75, 3.05) is 18.2 Å². The molecule has 0 aliphatic rings. The van der Waals surface area contributed by atoms with Crippen molar-refractivity contribution in [3.63, 3.8) is 0 Å². The van der Waals surface area contributed by atoms with Gasteiger partial charge in [-0.3, -0.25) is 4.79 Å². The molecule has 2 aromatic carbocycles. The van der Waals surface area contributed by atoms with Gasteiger partial charge in [0, 0.05) is 12.1 Å². The minimum absolute atomic E-state index is 0.167. The molecule has 3 aromatic rings. The molecule has 1 heterocycles. The number of hydrogen-bond acceptors (Lipinski definition) is 6. The molecule has 7 nitrogen and oxygen atoms in total. The number of aryl methyl sites for hydroxylation is 1.